The number of carbonyl (C=O) groups is 5. The van der Waals surface area contributed by atoms with Gasteiger partial charge in [-0.3, -0.25) is 28.8 Å². The highest BCUT2D eigenvalue weighted by Gasteiger charge is 2.58. The predicted octanol–water partition coefficient (Wildman–Crippen LogP) is 2.86. The summed E-state index contributed by atoms with van der Waals surface area (Å²) >= 11 is 0. The van der Waals surface area contributed by atoms with E-state index in [0.717, 1.165) is 57.3 Å². The van der Waals surface area contributed by atoms with Gasteiger partial charge in [0, 0.05) is 36.9 Å². The Morgan fingerprint density at radius 2 is 1.85 bits per heavy atom. The molecule has 0 aliphatic heterocycles. The summed E-state index contributed by atoms with van der Waals surface area (Å²) < 4.78 is 3.14. The van der Waals surface area contributed by atoms with Gasteiger partial charge >= 0.3 is 0 Å². The summed E-state index contributed by atoms with van der Waals surface area (Å²) in [4.78, 5) is 82.1. The number of rotatable bonds is 14. The molecule has 0 spiro atoms. The van der Waals surface area contributed by atoms with E-state index in [4.69, 9.17) is 0 Å². The Labute approximate surface area is 280 Å². The van der Waals surface area contributed by atoms with Crippen LogP contribution < -0.4 is 26.8 Å². The zero-order valence-corrected chi connectivity index (χ0v) is 27.9. The quantitative estimate of drug-likeness (QED) is 0.225. The molecule has 13 nitrogen and oxygen atoms in total. The molecule has 2 aromatic rings. The average Bonchev–Trinajstić information content (AvgIpc) is 3.58. The third-order valence-electron chi connectivity index (χ3n) is 11.4. The molecule has 2 heterocycles. The summed E-state index contributed by atoms with van der Waals surface area (Å²) in [5.74, 6) is -1.68. The van der Waals surface area contributed by atoms with Crippen molar-refractivity contribution >= 4 is 35.1 Å². The third kappa shape index (κ3) is 6.95. The summed E-state index contributed by atoms with van der Waals surface area (Å²) in [5, 5.41) is 11.0. The molecule has 13 heteroatoms. The van der Waals surface area contributed by atoms with E-state index in [-0.39, 0.29) is 54.8 Å². The average molecular weight is 662 g/mol. The third-order valence-corrected chi connectivity index (χ3v) is 11.4. The molecule has 4 N–H and O–H groups in total. The molecule has 4 fully saturated rings. The van der Waals surface area contributed by atoms with Gasteiger partial charge in [-0.15, -0.1) is 0 Å². The topological polar surface area (TPSA) is 173 Å². The van der Waals surface area contributed by atoms with Gasteiger partial charge in [0.15, 0.2) is 0 Å². The number of carbonyl (C=O) groups excluding carboxylic acids is 5. The van der Waals surface area contributed by atoms with Gasteiger partial charge in [0.25, 0.3) is 17.4 Å². The Hall–Kier alpha value is -4.29. The number of nitrogens with zero attached hydrogens (tertiary/aromatic N) is 3. The van der Waals surface area contributed by atoms with Crippen LogP contribution in [0, 0.1) is 17.3 Å². The molecule has 0 aromatic carbocycles. The molecular formula is C35H47N7O6. The minimum Gasteiger partial charge on any atom is -0.350 e. The molecule has 258 valence electrons. The van der Waals surface area contributed by atoms with Crippen LogP contribution in [-0.4, -0.2) is 61.7 Å². The lowest BCUT2D eigenvalue weighted by atomic mass is 9.62. The molecule has 2 aromatic heterocycles. The first kappa shape index (κ1) is 33.6. The highest BCUT2D eigenvalue weighted by molar-refractivity contribution is 6.36. The lowest BCUT2D eigenvalue weighted by molar-refractivity contribution is -0.138. The SMILES string of the molecule is CCNC(=O)C(=O)CC[C@H](NC(=O)c1cn(C2CCC2)cn1)C(=O)Nc1cccn(CC(=O)NC23CCC4CC(CC)(CC4C2)C3)c1=O. The number of nitrogens with one attached hydrogen (secondary N) is 4. The molecule has 4 saturated carbocycles. The van der Waals surface area contributed by atoms with E-state index in [2.05, 4.69) is 33.2 Å². The lowest BCUT2D eigenvalue weighted by Crippen LogP contribution is -2.56. The number of aromatic nitrogens is 3. The van der Waals surface area contributed by atoms with Crippen molar-refractivity contribution in [1.29, 1.82) is 0 Å². The fourth-order valence-corrected chi connectivity index (χ4v) is 8.72. The Morgan fingerprint density at radius 1 is 1.06 bits per heavy atom. The predicted molar refractivity (Wildman–Crippen MR) is 177 cm³/mol. The highest BCUT2D eigenvalue weighted by Crippen LogP contribution is 2.64. The van der Waals surface area contributed by atoms with Crippen molar-refractivity contribution < 1.29 is 24.0 Å². The number of pyridine rings is 1. The van der Waals surface area contributed by atoms with Gasteiger partial charge in [0.2, 0.25) is 17.6 Å². The fourth-order valence-electron chi connectivity index (χ4n) is 8.72. The van der Waals surface area contributed by atoms with Gasteiger partial charge in [-0.25, -0.2) is 4.98 Å². The molecular weight excluding hydrogens is 614 g/mol. The molecule has 0 radical (unpaired) electrons. The van der Waals surface area contributed by atoms with Crippen LogP contribution in [0.15, 0.2) is 35.6 Å². The van der Waals surface area contributed by atoms with Gasteiger partial charge in [-0.1, -0.05) is 13.3 Å². The molecule has 5 atom stereocenters. The first-order valence-corrected chi connectivity index (χ1v) is 17.5. The van der Waals surface area contributed by atoms with E-state index in [1.165, 1.54) is 29.7 Å². The molecule has 4 aliphatic carbocycles. The highest BCUT2D eigenvalue weighted by atomic mass is 16.2. The van der Waals surface area contributed by atoms with Crippen LogP contribution in [0.4, 0.5) is 5.69 Å². The van der Waals surface area contributed by atoms with Crippen LogP contribution in [0.3, 0.4) is 0 Å². The fraction of sp³-hybridized carbons (Fsp3) is 0.629. The molecule has 4 amide bonds. The Morgan fingerprint density at radius 3 is 2.58 bits per heavy atom. The maximum atomic E-state index is 13.5. The van der Waals surface area contributed by atoms with Crippen molar-refractivity contribution in [3.8, 4) is 0 Å². The smallest absolute Gasteiger partial charge is 0.287 e. The maximum Gasteiger partial charge on any atom is 0.287 e. The number of fused-ring (bicyclic) bond motifs is 2. The lowest BCUT2D eigenvalue weighted by Gasteiger charge is -2.49. The number of ketones is 1. The van der Waals surface area contributed by atoms with Crippen LogP contribution in [0.5, 0.6) is 0 Å². The summed E-state index contributed by atoms with van der Waals surface area (Å²) in [5.41, 5.74) is -0.461. The van der Waals surface area contributed by atoms with Crippen molar-refractivity contribution in [3.05, 3.63) is 46.9 Å². The zero-order chi connectivity index (χ0) is 34.1. The van der Waals surface area contributed by atoms with Gasteiger partial charge < -0.3 is 30.4 Å². The Bertz CT molecular complexity index is 1650. The number of amides is 4. The van der Waals surface area contributed by atoms with Crippen molar-refractivity contribution in [3.63, 3.8) is 0 Å². The van der Waals surface area contributed by atoms with Crippen LogP contribution in [0.2, 0.25) is 0 Å². The largest absolute Gasteiger partial charge is 0.350 e. The minimum absolute atomic E-state index is 0.0711. The number of anilines is 1. The van der Waals surface area contributed by atoms with Gasteiger partial charge in [-0.05, 0) is 101 Å². The van der Waals surface area contributed by atoms with E-state index < -0.39 is 35.1 Å². The maximum absolute atomic E-state index is 13.5. The second-order valence-electron chi connectivity index (χ2n) is 14.5. The normalized spacial score (nSPS) is 26.3. The summed E-state index contributed by atoms with van der Waals surface area (Å²) in [6, 6.07) is 2.04. The second-order valence-corrected chi connectivity index (χ2v) is 14.5. The van der Waals surface area contributed by atoms with E-state index in [9.17, 15) is 28.8 Å². The standard InChI is InChI=1S/C35H47N7O6/c1-3-34-15-22-12-13-35(20-34,17-23(22)16-34)40-29(44)19-41-14-6-9-26(33(41)48)39-30(45)25(10-11-28(43)32(47)36-4-2)38-31(46)27-18-42(21-37-27)24-7-5-8-24/h6,9,14,18,21-25H,3-5,7-8,10-13,15-17,19-20H2,1-2H3,(H,36,47)(H,38,46)(H,39,45)(H,40,44)/t22?,23?,25-,34?,35?/m0/s1. The first-order valence-electron chi connectivity index (χ1n) is 17.5. The molecule has 6 rings (SSSR count). The second kappa shape index (κ2) is 13.7. The van der Waals surface area contributed by atoms with Crippen molar-refractivity contribution in [2.45, 2.75) is 115 Å². The Kier molecular flexibility index (Phi) is 9.57. The molecule has 4 unspecified atom stereocenters. The minimum atomic E-state index is -1.25. The molecule has 3 bridgehead atoms. The van der Waals surface area contributed by atoms with E-state index in [1.54, 1.807) is 25.5 Å². The van der Waals surface area contributed by atoms with E-state index in [0.29, 0.717) is 11.3 Å². The molecule has 4 aliphatic rings. The van der Waals surface area contributed by atoms with Crippen molar-refractivity contribution in [1.82, 2.24) is 30.1 Å². The zero-order valence-electron chi connectivity index (χ0n) is 27.9. The number of hydrogen-bond donors (Lipinski definition) is 4. The van der Waals surface area contributed by atoms with Crippen molar-refractivity contribution in [2.24, 2.45) is 17.3 Å². The Balaban J connectivity index is 1.12. The van der Waals surface area contributed by atoms with Gasteiger partial charge in [0.1, 0.15) is 24.0 Å². The summed E-state index contributed by atoms with van der Waals surface area (Å²) in [6.45, 7) is 4.02. The summed E-state index contributed by atoms with van der Waals surface area (Å²) in [7, 11) is 0. The number of hydrogen-bond acceptors (Lipinski definition) is 7. The first-order chi connectivity index (χ1) is 23.0. The monoisotopic (exact) mass is 661 g/mol. The van der Waals surface area contributed by atoms with Gasteiger partial charge in [0.05, 0.1) is 6.33 Å². The number of likely N-dealkylation sites (N-methyl/N-ethyl adjacent to an activating group) is 1. The van der Waals surface area contributed by atoms with Crippen LogP contribution in [0.1, 0.15) is 107 Å². The van der Waals surface area contributed by atoms with Crippen molar-refractivity contribution in [2.75, 3.05) is 11.9 Å². The number of imidazole rings is 1. The van der Waals surface area contributed by atoms with Crippen LogP contribution in [-0.2, 0) is 25.7 Å². The van der Waals surface area contributed by atoms with E-state index in [1.807, 2.05) is 4.57 Å². The van der Waals surface area contributed by atoms with Crippen LogP contribution >= 0.6 is 0 Å². The number of Topliss-reactive ketones (excluding diaryl/α,β-unsaturated/α-hetero) is 1. The molecule has 0 saturated heterocycles. The molecule has 48 heavy (non-hydrogen) atoms. The van der Waals surface area contributed by atoms with E-state index >= 15 is 0 Å². The summed E-state index contributed by atoms with van der Waals surface area (Å²) in [6.07, 6.45) is 15.0. The van der Waals surface area contributed by atoms with Crippen LogP contribution in [0.25, 0.3) is 0 Å². The van der Waals surface area contributed by atoms with Gasteiger partial charge in [-0.2, -0.15) is 0 Å².